The summed E-state index contributed by atoms with van der Waals surface area (Å²) in [6, 6.07) is 6.15. The number of fused-ring (bicyclic) bond motifs is 1. The first-order valence-corrected chi connectivity index (χ1v) is 10.7. The number of anilines is 1. The second-order valence-electron chi connectivity index (χ2n) is 6.56. The molecular weight excluding hydrogens is 414 g/mol. The first-order valence-electron chi connectivity index (χ1n) is 9.21. The van der Waals surface area contributed by atoms with E-state index in [4.69, 9.17) is 14.2 Å². The van der Waals surface area contributed by atoms with Gasteiger partial charge < -0.3 is 24.1 Å². The normalized spacial score (nSPS) is 13.2. The smallest absolute Gasteiger partial charge is 0.354 e. The number of aryl methyl sites for hydroxylation is 1. The molecule has 1 amide bonds. The number of nitrogens with one attached hydrogen (secondary N) is 1. The number of esters is 1. The summed E-state index contributed by atoms with van der Waals surface area (Å²) in [4.78, 5) is 24.2. The zero-order valence-corrected chi connectivity index (χ0v) is 17.7. The lowest BCUT2D eigenvalue weighted by Crippen LogP contribution is -2.34. The number of carbonyl (C=O) groups excluding carboxylic acids is 2. The number of rotatable bonds is 7. The first kappa shape index (κ1) is 21.7. The number of amides is 1. The molecule has 162 valence electrons. The van der Waals surface area contributed by atoms with E-state index < -0.39 is 28.4 Å². The van der Waals surface area contributed by atoms with Crippen molar-refractivity contribution in [3.05, 3.63) is 36.2 Å². The van der Waals surface area contributed by atoms with Gasteiger partial charge in [0.2, 0.25) is 15.9 Å². The molecule has 0 aliphatic carbocycles. The molecule has 30 heavy (non-hydrogen) atoms. The molecule has 0 bridgehead atoms. The van der Waals surface area contributed by atoms with Crippen LogP contribution in [-0.2, 0) is 26.6 Å². The first-order chi connectivity index (χ1) is 14.2. The number of sulfonamides is 1. The van der Waals surface area contributed by atoms with E-state index in [1.165, 1.54) is 23.9 Å². The predicted molar refractivity (Wildman–Crippen MR) is 107 cm³/mol. The van der Waals surface area contributed by atoms with E-state index in [0.29, 0.717) is 30.4 Å². The molecule has 11 heteroatoms. The SMILES string of the molecule is CCOC(=O)c1cc(S(=O)(=O)N(C)CC(=O)Nc2ccc3c(c2)OCCO3)cn1C. The second kappa shape index (κ2) is 8.76. The fourth-order valence-electron chi connectivity index (χ4n) is 2.87. The number of aromatic nitrogens is 1. The molecule has 0 radical (unpaired) electrons. The number of hydrogen-bond acceptors (Lipinski definition) is 7. The van der Waals surface area contributed by atoms with Crippen LogP contribution >= 0.6 is 0 Å². The minimum absolute atomic E-state index is 0.101. The van der Waals surface area contributed by atoms with E-state index in [2.05, 4.69) is 5.32 Å². The molecule has 0 spiro atoms. The summed E-state index contributed by atoms with van der Waals surface area (Å²) in [7, 11) is -1.16. The van der Waals surface area contributed by atoms with Crippen molar-refractivity contribution < 1.29 is 32.2 Å². The summed E-state index contributed by atoms with van der Waals surface area (Å²) in [5.74, 6) is -0.0593. The van der Waals surface area contributed by atoms with Gasteiger partial charge in [-0.3, -0.25) is 4.79 Å². The standard InChI is InChI=1S/C19H23N3O7S/c1-4-27-19(24)15-10-14(11-21(15)2)30(25,26)22(3)12-18(23)20-13-5-6-16-17(9-13)29-8-7-28-16/h5-6,9-11H,4,7-8,12H2,1-3H3,(H,20,23). The summed E-state index contributed by atoms with van der Waals surface area (Å²) >= 11 is 0. The molecule has 1 aliphatic heterocycles. The lowest BCUT2D eigenvalue weighted by Gasteiger charge is -2.19. The van der Waals surface area contributed by atoms with Gasteiger partial charge in [-0.2, -0.15) is 4.31 Å². The van der Waals surface area contributed by atoms with Crippen LogP contribution in [0.3, 0.4) is 0 Å². The number of benzene rings is 1. The monoisotopic (exact) mass is 437 g/mol. The maximum absolute atomic E-state index is 12.8. The number of ether oxygens (including phenoxy) is 3. The van der Waals surface area contributed by atoms with Crippen molar-refractivity contribution in [2.45, 2.75) is 11.8 Å². The van der Waals surface area contributed by atoms with E-state index in [1.54, 1.807) is 32.2 Å². The van der Waals surface area contributed by atoms with Gasteiger partial charge in [0.15, 0.2) is 11.5 Å². The van der Waals surface area contributed by atoms with Crippen LogP contribution in [0.5, 0.6) is 11.5 Å². The molecule has 0 saturated heterocycles. The predicted octanol–water partition coefficient (Wildman–Crippen LogP) is 1.23. The van der Waals surface area contributed by atoms with Gasteiger partial charge in [-0.1, -0.05) is 0 Å². The van der Waals surface area contributed by atoms with E-state index in [0.717, 1.165) is 4.31 Å². The molecule has 1 N–H and O–H groups in total. The van der Waals surface area contributed by atoms with Crippen molar-refractivity contribution in [3.8, 4) is 11.5 Å². The Morgan fingerprint density at radius 2 is 1.90 bits per heavy atom. The third-order valence-corrected chi connectivity index (χ3v) is 6.13. The molecular formula is C19H23N3O7S. The third-order valence-electron chi connectivity index (χ3n) is 4.36. The topological polar surface area (TPSA) is 116 Å². The van der Waals surface area contributed by atoms with Crippen molar-refractivity contribution in [2.75, 3.05) is 38.7 Å². The Morgan fingerprint density at radius 1 is 1.20 bits per heavy atom. The number of likely N-dealkylation sites (N-methyl/N-ethyl adjacent to an activating group) is 1. The molecule has 10 nitrogen and oxygen atoms in total. The molecule has 3 rings (SSSR count). The number of hydrogen-bond donors (Lipinski definition) is 1. The van der Waals surface area contributed by atoms with Crippen LogP contribution in [0.1, 0.15) is 17.4 Å². The minimum atomic E-state index is -3.99. The van der Waals surface area contributed by atoms with Crippen molar-refractivity contribution in [1.82, 2.24) is 8.87 Å². The van der Waals surface area contributed by atoms with Crippen molar-refractivity contribution in [3.63, 3.8) is 0 Å². The molecule has 1 aromatic heterocycles. The summed E-state index contributed by atoms with van der Waals surface area (Å²) < 4.78 is 43.7. The highest BCUT2D eigenvalue weighted by molar-refractivity contribution is 7.89. The Kier molecular flexibility index (Phi) is 6.32. The zero-order valence-electron chi connectivity index (χ0n) is 16.9. The van der Waals surface area contributed by atoms with Gasteiger partial charge in [-0.25, -0.2) is 13.2 Å². The summed E-state index contributed by atoms with van der Waals surface area (Å²) in [5.41, 5.74) is 0.559. The van der Waals surface area contributed by atoms with Crippen molar-refractivity contribution in [1.29, 1.82) is 0 Å². The van der Waals surface area contributed by atoms with Crippen LogP contribution in [0.4, 0.5) is 5.69 Å². The number of carbonyl (C=O) groups is 2. The average Bonchev–Trinajstić information content (AvgIpc) is 3.10. The fraction of sp³-hybridized carbons (Fsp3) is 0.368. The maximum atomic E-state index is 12.8. The fourth-order valence-corrected chi connectivity index (χ4v) is 4.07. The minimum Gasteiger partial charge on any atom is -0.486 e. The Bertz CT molecular complexity index is 1060. The highest BCUT2D eigenvalue weighted by atomic mass is 32.2. The van der Waals surface area contributed by atoms with Gasteiger partial charge in [0.05, 0.1) is 13.2 Å². The molecule has 0 unspecified atom stereocenters. The highest BCUT2D eigenvalue weighted by Gasteiger charge is 2.27. The molecule has 2 heterocycles. The van der Waals surface area contributed by atoms with Crippen LogP contribution in [0.25, 0.3) is 0 Å². The Hall–Kier alpha value is -3.05. The number of nitrogens with zero attached hydrogens (tertiary/aromatic N) is 2. The van der Waals surface area contributed by atoms with Gasteiger partial charge in [0.1, 0.15) is 23.8 Å². The van der Waals surface area contributed by atoms with Gasteiger partial charge in [-0.15, -0.1) is 0 Å². The Labute approximate surface area is 174 Å². The van der Waals surface area contributed by atoms with Crippen LogP contribution in [0.2, 0.25) is 0 Å². The van der Waals surface area contributed by atoms with E-state index in [9.17, 15) is 18.0 Å². The second-order valence-corrected chi connectivity index (χ2v) is 8.61. The van der Waals surface area contributed by atoms with Crippen LogP contribution in [0, 0.1) is 0 Å². The summed E-state index contributed by atoms with van der Waals surface area (Å²) in [6.07, 6.45) is 1.30. The van der Waals surface area contributed by atoms with Crippen LogP contribution < -0.4 is 14.8 Å². The average molecular weight is 437 g/mol. The Morgan fingerprint density at radius 3 is 2.60 bits per heavy atom. The Balaban J connectivity index is 1.68. The van der Waals surface area contributed by atoms with Gasteiger partial charge >= 0.3 is 5.97 Å². The third kappa shape index (κ3) is 4.57. The van der Waals surface area contributed by atoms with Gasteiger partial charge in [0, 0.05) is 32.0 Å². The lowest BCUT2D eigenvalue weighted by atomic mass is 10.2. The molecule has 0 atom stereocenters. The van der Waals surface area contributed by atoms with E-state index in [-0.39, 0.29) is 17.2 Å². The van der Waals surface area contributed by atoms with E-state index >= 15 is 0 Å². The van der Waals surface area contributed by atoms with E-state index in [1.807, 2.05) is 0 Å². The maximum Gasteiger partial charge on any atom is 0.354 e. The lowest BCUT2D eigenvalue weighted by molar-refractivity contribution is -0.116. The van der Waals surface area contributed by atoms with Gasteiger partial charge in [0.25, 0.3) is 0 Å². The van der Waals surface area contributed by atoms with Crippen LogP contribution in [0.15, 0.2) is 35.4 Å². The van der Waals surface area contributed by atoms with Crippen LogP contribution in [-0.4, -0.2) is 62.6 Å². The van der Waals surface area contributed by atoms with Crippen molar-refractivity contribution in [2.24, 2.45) is 7.05 Å². The highest BCUT2D eigenvalue weighted by Crippen LogP contribution is 2.32. The molecule has 1 aliphatic rings. The quantitative estimate of drug-likeness (QED) is 0.648. The summed E-state index contributed by atoms with van der Waals surface area (Å²) in [6.45, 7) is 2.29. The largest absolute Gasteiger partial charge is 0.486 e. The molecule has 2 aromatic rings. The van der Waals surface area contributed by atoms with Crippen molar-refractivity contribution >= 4 is 27.6 Å². The zero-order chi connectivity index (χ0) is 21.9. The molecule has 0 saturated carbocycles. The molecule has 0 fully saturated rings. The van der Waals surface area contributed by atoms with Gasteiger partial charge in [-0.05, 0) is 25.1 Å². The summed E-state index contributed by atoms with van der Waals surface area (Å²) in [5, 5.41) is 2.64. The molecule has 1 aromatic carbocycles.